The van der Waals surface area contributed by atoms with Gasteiger partial charge in [0.1, 0.15) is 11.9 Å². The highest BCUT2D eigenvalue weighted by atomic mass is 35.5. The van der Waals surface area contributed by atoms with Crippen molar-refractivity contribution in [3.63, 3.8) is 0 Å². The summed E-state index contributed by atoms with van der Waals surface area (Å²) in [6.07, 6.45) is 4.64. The number of hydrogen-bond donors (Lipinski definition) is 3. The molecule has 0 aliphatic carbocycles. The second-order valence-electron chi connectivity index (χ2n) is 7.18. The number of carbonyl (C=O) groups is 1. The third kappa shape index (κ3) is 4.94. The minimum Gasteiger partial charge on any atom is -0.486 e. The van der Waals surface area contributed by atoms with E-state index in [-0.39, 0.29) is 12.0 Å². The first-order valence-electron chi connectivity index (χ1n) is 10.2. The van der Waals surface area contributed by atoms with Crippen LogP contribution in [0.3, 0.4) is 0 Å². The van der Waals surface area contributed by atoms with E-state index in [1.807, 2.05) is 43.3 Å². The summed E-state index contributed by atoms with van der Waals surface area (Å²) < 4.78 is 6.25. The summed E-state index contributed by atoms with van der Waals surface area (Å²) in [6.45, 7) is 5.49. The number of amides is 1. The van der Waals surface area contributed by atoms with Gasteiger partial charge < -0.3 is 15.4 Å². The van der Waals surface area contributed by atoms with Gasteiger partial charge in [-0.05, 0) is 42.8 Å². The number of nitrogens with one attached hydrogen (secondary N) is 3. The molecule has 0 bridgehead atoms. The lowest BCUT2D eigenvalue weighted by atomic mass is 10.1. The van der Waals surface area contributed by atoms with Gasteiger partial charge in [-0.25, -0.2) is 0 Å². The zero-order valence-corrected chi connectivity index (χ0v) is 19.2. The number of nitrogens with zero attached hydrogens (tertiary/aromatic N) is 2. The van der Waals surface area contributed by atoms with Crippen LogP contribution in [0, 0.1) is 0 Å². The second-order valence-corrected chi connectivity index (χ2v) is 7.99. The van der Waals surface area contributed by atoms with E-state index in [4.69, 9.17) is 27.9 Å². The number of para-hydroxylation sites is 2. The lowest BCUT2D eigenvalue weighted by molar-refractivity contribution is -0.111. The first-order chi connectivity index (χ1) is 16.0. The van der Waals surface area contributed by atoms with E-state index in [1.54, 1.807) is 18.5 Å². The van der Waals surface area contributed by atoms with Crippen LogP contribution < -0.4 is 15.4 Å². The van der Waals surface area contributed by atoms with Crippen molar-refractivity contribution in [1.82, 2.24) is 15.2 Å². The van der Waals surface area contributed by atoms with Gasteiger partial charge in [0.25, 0.3) is 0 Å². The number of fused-ring (bicyclic) bond motifs is 1. The highest BCUT2D eigenvalue weighted by Gasteiger charge is 2.19. The van der Waals surface area contributed by atoms with Crippen LogP contribution in [0.2, 0.25) is 10.0 Å². The average molecular weight is 482 g/mol. The quantitative estimate of drug-likeness (QED) is 0.244. The van der Waals surface area contributed by atoms with E-state index in [0.29, 0.717) is 45.0 Å². The van der Waals surface area contributed by atoms with Crippen molar-refractivity contribution >= 4 is 57.2 Å². The van der Waals surface area contributed by atoms with E-state index in [2.05, 4.69) is 32.4 Å². The molecule has 0 aliphatic heterocycles. The van der Waals surface area contributed by atoms with Crippen molar-refractivity contribution in [2.24, 2.45) is 0 Å². The molecule has 3 N–H and O–H groups in total. The maximum absolute atomic E-state index is 11.8. The highest BCUT2D eigenvalue weighted by molar-refractivity contribution is 6.35. The van der Waals surface area contributed by atoms with E-state index in [1.165, 1.54) is 6.08 Å². The predicted octanol–water partition coefficient (Wildman–Crippen LogP) is 6.66. The number of pyridine rings is 1. The molecule has 2 heterocycles. The largest absolute Gasteiger partial charge is 0.486 e. The van der Waals surface area contributed by atoms with Crippen molar-refractivity contribution in [3.05, 3.63) is 83.1 Å². The molecule has 0 fully saturated rings. The normalized spacial score (nSPS) is 11.7. The van der Waals surface area contributed by atoms with Crippen molar-refractivity contribution in [3.8, 4) is 5.75 Å². The molecule has 7 nitrogen and oxygen atoms in total. The third-order valence-electron chi connectivity index (χ3n) is 5.02. The summed E-state index contributed by atoms with van der Waals surface area (Å²) in [5.41, 5.74) is 2.83. The zero-order chi connectivity index (χ0) is 23.4. The van der Waals surface area contributed by atoms with E-state index in [0.717, 1.165) is 10.9 Å². The monoisotopic (exact) mass is 481 g/mol. The Bertz CT molecular complexity index is 1300. The number of H-pyrrole nitrogens is 1. The number of aromatic nitrogens is 3. The Balaban J connectivity index is 1.64. The molecule has 4 rings (SSSR count). The molecule has 2 aromatic carbocycles. The Morgan fingerprint density at radius 2 is 1.91 bits per heavy atom. The summed E-state index contributed by atoms with van der Waals surface area (Å²) in [5.74, 6) is 0.922. The molecule has 168 valence electrons. The van der Waals surface area contributed by atoms with Gasteiger partial charge in [-0.15, -0.1) is 0 Å². The number of ether oxygens (including phenoxy) is 1. The maximum atomic E-state index is 11.8. The first-order valence-corrected chi connectivity index (χ1v) is 11.0. The Kier molecular flexibility index (Phi) is 6.82. The summed E-state index contributed by atoms with van der Waals surface area (Å²) in [7, 11) is 0. The molecule has 0 spiro atoms. The van der Waals surface area contributed by atoms with Crippen LogP contribution in [0.25, 0.3) is 10.9 Å². The summed E-state index contributed by atoms with van der Waals surface area (Å²) in [5, 5.41) is 15.2. The van der Waals surface area contributed by atoms with Gasteiger partial charge in [0.05, 0.1) is 26.9 Å². The summed E-state index contributed by atoms with van der Waals surface area (Å²) in [4.78, 5) is 15.8. The van der Waals surface area contributed by atoms with Gasteiger partial charge in [0.2, 0.25) is 5.91 Å². The Morgan fingerprint density at radius 3 is 2.61 bits per heavy atom. The van der Waals surface area contributed by atoms with E-state index >= 15 is 0 Å². The molecule has 4 aromatic rings. The van der Waals surface area contributed by atoms with Crippen molar-refractivity contribution in [2.45, 2.75) is 19.4 Å². The molecule has 0 aliphatic rings. The van der Waals surface area contributed by atoms with Crippen molar-refractivity contribution in [1.29, 1.82) is 0 Å². The number of rotatable bonds is 8. The molecule has 33 heavy (non-hydrogen) atoms. The summed E-state index contributed by atoms with van der Waals surface area (Å²) >= 11 is 12.7. The number of aromatic amines is 1. The average Bonchev–Trinajstić information content (AvgIpc) is 3.21. The van der Waals surface area contributed by atoms with Gasteiger partial charge in [-0.1, -0.05) is 48.8 Å². The summed E-state index contributed by atoms with van der Waals surface area (Å²) in [6, 6.07) is 13.0. The van der Waals surface area contributed by atoms with Gasteiger partial charge >= 0.3 is 0 Å². The number of hydrogen-bond acceptors (Lipinski definition) is 5. The zero-order valence-electron chi connectivity index (χ0n) is 17.7. The Labute approximate surface area is 200 Å². The number of carbonyl (C=O) groups excluding carboxylic acids is 1. The molecular formula is C24H21Cl2N5O2. The first kappa shape index (κ1) is 22.6. The van der Waals surface area contributed by atoms with E-state index in [9.17, 15) is 4.79 Å². The topological polar surface area (TPSA) is 91.9 Å². The van der Waals surface area contributed by atoms with Gasteiger partial charge in [-0.3, -0.25) is 14.9 Å². The maximum Gasteiger partial charge on any atom is 0.247 e. The van der Waals surface area contributed by atoms with E-state index < -0.39 is 0 Å². The highest BCUT2D eigenvalue weighted by Crippen LogP contribution is 2.36. The molecule has 0 saturated carbocycles. The van der Waals surface area contributed by atoms with Crippen LogP contribution in [-0.2, 0) is 4.79 Å². The lowest BCUT2D eigenvalue weighted by Gasteiger charge is -2.20. The fraction of sp³-hybridized carbons (Fsp3) is 0.125. The van der Waals surface area contributed by atoms with Gasteiger partial charge in [0.15, 0.2) is 5.82 Å². The second kappa shape index (κ2) is 9.94. The van der Waals surface area contributed by atoms with Crippen LogP contribution in [0.5, 0.6) is 5.75 Å². The molecular weight excluding hydrogens is 461 g/mol. The van der Waals surface area contributed by atoms with Crippen LogP contribution >= 0.6 is 23.2 Å². The fourth-order valence-corrected chi connectivity index (χ4v) is 4.02. The standard InChI is InChI=1S/C24H21Cl2N5O2/c1-3-21(23-16(25)12-27-13-17(23)26)33-14-9-10-18-15(11-14)24(31-30-18)29-20-8-6-5-7-19(20)28-22(32)4-2/h4-13,21H,2-3H2,1H3,(H,28,32)(H2,29,30,31). The fourth-order valence-electron chi connectivity index (χ4n) is 3.41. The van der Waals surface area contributed by atoms with Crippen LogP contribution in [-0.4, -0.2) is 21.1 Å². The van der Waals surface area contributed by atoms with Crippen LogP contribution in [0.1, 0.15) is 25.0 Å². The van der Waals surface area contributed by atoms with Crippen molar-refractivity contribution in [2.75, 3.05) is 10.6 Å². The molecule has 0 radical (unpaired) electrons. The van der Waals surface area contributed by atoms with Crippen LogP contribution in [0.4, 0.5) is 17.2 Å². The Morgan fingerprint density at radius 1 is 1.18 bits per heavy atom. The molecule has 1 unspecified atom stereocenters. The lowest BCUT2D eigenvalue weighted by Crippen LogP contribution is -2.09. The molecule has 1 atom stereocenters. The predicted molar refractivity (Wildman–Crippen MR) is 133 cm³/mol. The smallest absolute Gasteiger partial charge is 0.247 e. The SMILES string of the molecule is C=CC(=O)Nc1ccccc1Nc1n[nH]c2ccc(OC(CC)c3c(Cl)cncc3Cl)cc12. The number of halogens is 2. The molecule has 1 amide bonds. The third-order valence-corrected chi connectivity index (χ3v) is 5.62. The van der Waals surface area contributed by atoms with Gasteiger partial charge in [-0.2, -0.15) is 5.10 Å². The molecule has 2 aromatic heterocycles. The van der Waals surface area contributed by atoms with Gasteiger partial charge in [0, 0.05) is 23.3 Å². The molecule has 0 saturated heterocycles. The number of anilines is 3. The minimum absolute atomic E-state index is 0.300. The van der Waals surface area contributed by atoms with Crippen molar-refractivity contribution < 1.29 is 9.53 Å². The molecule has 9 heteroatoms. The minimum atomic E-state index is -0.344. The number of benzene rings is 2. The Hall–Kier alpha value is -3.55. The van der Waals surface area contributed by atoms with Crippen LogP contribution in [0.15, 0.2) is 67.5 Å².